The molecule has 0 spiro atoms. The van der Waals surface area contributed by atoms with Crippen LogP contribution in [0.1, 0.15) is 23.9 Å². The molecule has 1 aromatic carbocycles. The number of carbonyl (C=O) groups excluding carboxylic acids is 1. The fourth-order valence-electron chi connectivity index (χ4n) is 3.02. The summed E-state index contributed by atoms with van der Waals surface area (Å²) in [5.41, 5.74) is 2.19. The largest absolute Gasteiger partial charge is 0.466 e. The van der Waals surface area contributed by atoms with Gasteiger partial charge in [0.2, 0.25) is 9.84 Å². The van der Waals surface area contributed by atoms with Gasteiger partial charge in [0.1, 0.15) is 5.03 Å². The minimum absolute atomic E-state index is 0.0592. The average Bonchev–Trinajstić information content (AvgIpc) is 3.05. The number of aromatic nitrogens is 3. The van der Waals surface area contributed by atoms with Gasteiger partial charge >= 0.3 is 5.97 Å². The van der Waals surface area contributed by atoms with Crippen LogP contribution in [0.5, 0.6) is 0 Å². The SMILES string of the molecule is CCOC(=O)Cc1c(C)nc2c(S(=O)(=O)c3ccccc3)c(SC)nn2c1C. The Kier molecular flexibility index (Phi) is 5.76. The van der Waals surface area contributed by atoms with E-state index in [1.807, 2.05) is 0 Å². The van der Waals surface area contributed by atoms with Crippen LogP contribution in [0.4, 0.5) is 0 Å². The lowest BCUT2D eigenvalue weighted by Gasteiger charge is -2.11. The number of nitrogens with zero attached hydrogens (tertiary/aromatic N) is 3. The van der Waals surface area contributed by atoms with Gasteiger partial charge in [0.05, 0.1) is 17.9 Å². The van der Waals surface area contributed by atoms with Gasteiger partial charge in [-0.1, -0.05) is 18.2 Å². The van der Waals surface area contributed by atoms with Gasteiger partial charge in [0.15, 0.2) is 10.5 Å². The number of benzene rings is 1. The van der Waals surface area contributed by atoms with Gasteiger partial charge in [-0.3, -0.25) is 4.79 Å². The van der Waals surface area contributed by atoms with E-state index in [2.05, 4.69) is 10.1 Å². The van der Waals surface area contributed by atoms with E-state index in [1.54, 1.807) is 57.4 Å². The molecule has 0 aliphatic rings. The van der Waals surface area contributed by atoms with Crippen molar-refractivity contribution >= 4 is 33.2 Å². The van der Waals surface area contributed by atoms with E-state index in [9.17, 15) is 13.2 Å². The van der Waals surface area contributed by atoms with E-state index in [4.69, 9.17) is 4.74 Å². The molecule has 7 nitrogen and oxygen atoms in total. The first-order valence-corrected chi connectivity index (χ1v) is 11.4. The summed E-state index contributed by atoms with van der Waals surface area (Å²) in [7, 11) is -3.80. The second kappa shape index (κ2) is 7.92. The van der Waals surface area contributed by atoms with E-state index in [0.717, 1.165) is 0 Å². The maximum atomic E-state index is 13.3. The lowest BCUT2D eigenvalue weighted by molar-refractivity contribution is -0.142. The molecule has 0 fully saturated rings. The summed E-state index contributed by atoms with van der Waals surface area (Å²) in [6.07, 6.45) is 1.83. The lowest BCUT2D eigenvalue weighted by atomic mass is 10.1. The molecule has 148 valence electrons. The number of aryl methyl sites for hydroxylation is 2. The van der Waals surface area contributed by atoms with E-state index >= 15 is 0 Å². The molecule has 3 aromatic rings. The zero-order valence-corrected chi connectivity index (χ0v) is 17.7. The smallest absolute Gasteiger partial charge is 0.310 e. The van der Waals surface area contributed by atoms with Crippen LogP contribution < -0.4 is 0 Å². The number of sulfone groups is 1. The molecule has 2 aromatic heterocycles. The topological polar surface area (TPSA) is 90.6 Å². The van der Waals surface area contributed by atoms with Crippen LogP contribution in [0.25, 0.3) is 5.65 Å². The number of thioether (sulfide) groups is 1. The maximum absolute atomic E-state index is 13.3. The predicted molar refractivity (Wildman–Crippen MR) is 106 cm³/mol. The number of fused-ring (bicyclic) bond motifs is 1. The third-order valence-electron chi connectivity index (χ3n) is 4.40. The zero-order valence-electron chi connectivity index (χ0n) is 16.1. The molecule has 28 heavy (non-hydrogen) atoms. The van der Waals surface area contributed by atoms with Crippen molar-refractivity contribution in [1.29, 1.82) is 0 Å². The van der Waals surface area contributed by atoms with Gasteiger partial charge in [-0.05, 0) is 39.2 Å². The second-order valence-electron chi connectivity index (χ2n) is 6.13. The van der Waals surface area contributed by atoms with Crippen LogP contribution >= 0.6 is 11.8 Å². The van der Waals surface area contributed by atoms with Crippen LogP contribution in [0.2, 0.25) is 0 Å². The third-order valence-corrected chi connectivity index (χ3v) is 7.00. The van der Waals surface area contributed by atoms with Crippen molar-refractivity contribution in [3.05, 3.63) is 47.3 Å². The minimum atomic E-state index is -3.80. The summed E-state index contributed by atoms with van der Waals surface area (Å²) in [5.74, 6) is -0.357. The van der Waals surface area contributed by atoms with Gasteiger partial charge in [0.25, 0.3) is 0 Å². The molecule has 0 saturated carbocycles. The Balaban J connectivity index is 2.25. The fourth-order valence-corrected chi connectivity index (χ4v) is 5.44. The van der Waals surface area contributed by atoms with Gasteiger partial charge in [-0.15, -0.1) is 11.8 Å². The molecular weight excluding hydrogens is 398 g/mol. The second-order valence-corrected chi connectivity index (χ2v) is 8.81. The summed E-state index contributed by atoms with van der Waals surface area (Å²) in [4.78, 5) is 16.7. The zero-order chi connectivity index (χ0) is 20.5. The van der Waals surface area contributed by atoms with Crippen molar-refractivity contribution < 1.29 is 17.9 Å². The molecule has 0 unspecified atom stereocenters. The Hall–Kier alpha value is -2.39. The van der Waals surface area contributed by atoms with Gasteiger partial charge < -0.3 is 4.74 Å². The first-order valence-electron chi connectivity index (χ1n) is 8.69. The van der Waals surface area contributed by atoms with Gasteiger partial charge in [-0.25, -0.2) is 17.9 Å². The van der Waals surface area contributed by atoms with Crippen molar-refractivity contribution in [1.82, 2.24) is 14.6 Å². The Morgan fingerprint density at radius 3 is 2.50 bits per heavy atom. The molecular formula is C19H21N3O4S2. The molecule has 0 saturated heterocycles. The summed E-state index contributed by atoms with van der Waals surface area (Å²) in [6, 6.07) is 8.23. The average molecular weight is 420 g/mol. The summed E-state index contributed by atoms with van der Waals surface area (Å²) in [6.45, 7) is 5.60. The summed E-state index contributed by atoms with van der Waals surface area (Å²) >= 11 is 1.24. The normalized spacial score (nSPS) is 11.7. The maximum Gasteiger partial charge on any atom is 0.310 e. The molecule has 0 N–H and O–H groups in total. The van der Waals surface area contributed by atoms with Crippen LogP contribution in [0, 0.1) is 13.8 Å². The number of esters is 1. The van der Waals surface area contributed by atoms with Gasteiger partial charge in [-0.2, -0.15) is 5.10 Å². The van der Waals surface area contributed by atoms with E-state index in [-0.39, 0.29) is 27.8 Å². The standard InChI is InChI=1S/C19H21N3O4S2/c1-5-26-16(23)11-15-12(2)20-18-17(19(27-4)21-22(18)13(15)3)28(24,25)14-9-7-6-8-10-14/h6-10H,5,11H2,1-4H3. The van der Waals surface area contributed by atoms with Crippen molar-refractivity contribution in [3.8, 4) is 0 Å². The predicted octanol–water partition coefficient (Wildman–Crippen LogP) is 3.01. The minimum Gasteiger partial charge on any atom is -0.466 e. The van der Waals surface area contributed by atoms with Gasteiger partial charge in [0, 0.05) is 17.0 Å². The fraction of sp³-hybridized carbons (Fsp3) is 0.316. The van der Waals surface area contributed by atoms with E-state index in [1.165, 1.54) is 16.3 Å². The number of ether oxygens (including phenoxy) is 1. The lowest BCUT2D eigenvalue weighted by Crippen LogP contribution is -2.13. The number of carbonyl (C=O) groups is 1. The Labute approximate surface area is 168 Å². The molecule has 3 rings (SSSR count). The number of rotatable bonds is 6. The van der Waals surface area contributed by atoms with Crippen molar-refractivity contribution in [3.63, 3.8) is 0 Å². The van der Waals surface area contributed by atoms with E-state index in [0.29, 0.717) is 28.6 Å². The Morgan fingerprint density at radius 1 is 1.21 bits per heavy atom. The highest BCUT2D eigenvalue weighted by Crippen LogP contribution is 2.33. The summed E-state index contributed by atoms with van der Waals surface area (Å²) < 4.78 is 33.1. The Morgan fingerprint density at radius 2 is 1.89 bits per heavy atom. The van der Waals surface area contributed by atoms with Crippen molar-refractivity contribution in [2.75, 3.05) is 12.9 Å². The first-order chi connectivity index (χ1) is 13.3. The van der Waals surface area contributed by atoms with Crippen LogP contribution in [-0.2, 0) is 25.8 Å². The molecule has 0 aliphatic heterocycles. The molecule has 0 bridgehead atoms. The van der Waals surface area contributed by atoms with Crippen LogP contribution in [0.15, 0.2) is 45.1 Å². The highest BCUT2D eigenvalue weighted by molar-refractivity contribution is 7.99. The highest BCUT2D eigenvalue weighted by atomic mass is 32.2. The molecule has 0 atom stereocenters. The Bertz CT molecular complexity index is 1140. The van der Waals surface area contributed by atoms with Crippen molar-refractivity contribution in [2.45, 2.75) is 42.0 Å². The third kappa shape index (κ3) is 3.51. The first kappa shape index (κ1) is 20.3. The molecule has 0 aliphatic carbocycles. The monoisotopic (exact) mass is 419 g/mol. The molecule has 9 heteroatoms. The molecule has 0 amide bonds. The van der Waals surface area contributed by atoms with Crippen LogP contribution in [0.3, 0.4) is 0 Å². The number of hydrogen-bond donors (Lipinski definition) is 0. The van der Waals surface area contributed by atoms with Crippen molar-refractivity contribution in [2.24, 2.45) is 0 Å². The van der Waals surface area contributed by atoms with Crippen LogP contribution in [-0.4, -0.2) is 41.8 Å². The molecule has 2 heterocycles. The molecule has 0 radical (unpaired) electrons. The highest BCUT2D eigenvalue weighted by Gasteiger charge is 2.30. The number of hydrogen-bond acceptors (Lipinski definition) is 7. The summed E-state index contributed by atoms with van der Waals surface area (Å²) in [5, 5.41) is 4.83. The quantitative estimate of drug-likeness (QED) is 0.448. The van der Waals surface area contributed by atoms with E-state index < -0.39 is 9.84 Å².